The Morgan fingerprint density at radius 1 is 1.26 bits per heavy atom. The van der Waals surface area contributed by atoms with Crippen LogP contribution < -0.4 is 10.6 Å². The van der Waals surface area contributed by atoms with Gasteiger partial charge in [-0.2, -0.15) is 0 Å². The van der Waals surface area contributed by atoms with Crippen LogP contribution in [0.15, 0.2) is 18.2 Å². The van der Waals surface area contributed by atoms with Gasteiger partial charge in [0.2, 0.25) is 0 Å². The van der Waals surface area contributed by atoms with Crippen LogP contribution in [0.5, 0.6) is 0 Å². The first-order valence-corrected chi connectivity index (χ1v) is 7.76. The normalized spacial score (nSPS) is 13.1. The maximum Gasteiger partial charge on any atom is 0.319 e. The predicted molar refractivity (Wildman–Crippen MR) is 91.7 cm³/mol. The van der Waals surface area contributed by atoms with E-state index in [1.54, 1.807) is 33.2 Å². The highest BCUT2D eigenvalue weighted by Crippen LogP contribution is 2.17. The lowest BCUT2D eigenvalue weighted by Gasteiger charge is -2.16. The van der Waals surface area contributed by atoms with Crippen molar-refractivity contribution in [2.24, 2.45) is 5.92 Å². The summed E-state index contributed by atoms with van der Waals surface area (Å²) in [6.45, 7) is 6.05. The largest absolute Gasteiger partial charge is 0.393 e. The average molecular weight is 321 g/mol. The number of hydrogen-bond acceptors (Lipinski definition) is 3. The average Bonchev–Trinajstić information content (AvgIpc) is 2.46. The molecule has 1 rings (SSSR count). The fraction of sp³-hybridized carbons (Fsp3) is 0.529. The highest BCUT2D eigenvalue weighted by Gasteiger charge is 2.12. The zero-order valence-corrected chi connectivity index (χ0v) is 14.5. The van der Waals surface area contributed by atoms with Gasteiger partial charge in [-0.1, -0.05) is 13.0 Å². The lowest BCUT2D eigenvalue weighted by atomic mass is 10.1. The van der Waals surface area contributed by atoms with E-state index in [2.05, 4.69) is 10.6 Å². The lowest BCUT2D eigenvalue weighted by molar-refractivity contribution is 0.0827. The molecule has 0 aliphatic rings. The van der Waals surface area contributed by atoms with Crippen LogP contribution in [0.2, 0.25) is 0 Å². The molecule has 0 saturated heterocycles. The molecule has 0 heterocycles. The van der Waals surface area contributed by atoms with Crippen LogP contribution in [-0.2, 0) is 0 Å². The summed E-state index contributed by atoms with van der Waals surface area (Å²) in [5.41, 5.74) is 2.02. The molecule has 0 spiro atoms. The zero-order chi connectivity index (χ0) is 17.6. The maximum atomic E-state index is 12.0. The summed E-state index contributed by atoms with van der Waals surface area (Å²) in [4.78, 5) is 25.5. The van der Waals surface area contributed by atoms with Gasteiger partial charge in [-0.05, 0) is 43.9 Å². The first-order chi connectivity index (χ1) is 10.7. The zero-order valence-electron chi connectivity index (χ0n) is 14.5. The molecule has 3 N–H and O–H groups in total. The highest BCUT2D eigenvalue weighted by atomic mass is 16.3. The minimum absolute atomic E-state index is 0.112. The number of nitrogens with one attached hydrogen (secondary N) is 2. The Balaban J connectivity index is 2.67. The summed E-state index contributed by atoms with van der Waals surface area (Å²) < 4.78 is 0. The number of aryl methyl sites for hydroxylation is 1. The standard InChI is InChI=1S/C17H27N3O3/c1-11(8-13(3)21)10-18-17(23)19-15-9-14(7-6-12(15)2)16(22)20(4)5/h6-7,9,11,13,21H,8,10H2,1-5H3,(H2,18,19,23). The first-order valence-electron chi connectivity index (χ1n) is 7.76. The molecule has 128 valence electrons. The van der Waals surface area contributed by atoms with Crippen LogP contribution in [0.4, 0.5) is 10.5 Å². The number of carbonyl (C=O) groups is 2. The fourth-order valence-electron chi connectivity index (χ4n) is 2.25. The molecule has 6 nitrogen and oxygen atoms in total. The number of carbonyl (C=O) groups excluding carboxylic acids is 2. The van der Waals surface area contributed by atoms with E-state index in [1.807, 2.05) is 19.9 Å². The maximum absolute atomic E-state index is 12.0. The summed E-state index contributed by atoms with van der Waals surface area (Å²) in [7, 11) is 3.37. The van der Waals surface area contributed by atoms with E-state index < -0.39 is 0 Å². The summed E-state index contributed by atoms with van der Waals surface area (Å²) >= 11 is 0. The number of urea groups is 1. The molecule has 0 fully saturated rings. The second-order valence-corrected chi connectivity index (χ2v) is 6.25. The van der Waals surface area contributed by atoms with Crippen molar-refractivity contribution in [3.05, 3.63) is 29.3 Å². The van der Waals surface area contributed by atoms with Crippen LogP contribution in [0.1, 0.15) is 36.2 Å². The van der Waals surface area contributed by atoms with Crippen molar-refractivity contribution in [2.45, 2.75) is 33.3 Å². The fourth-order valence-corrected chi connectivity index (χ4v) is 2.25. The summed E-state index contributed by atoms with van der Waals surface area (Å²) in [5, 5.41) is 14.9. The molecule has 6 heteroatoms. The van der Waals surface area contributed by atoms with Crippen molar-refractivity contribution < 1.29 is 14.7 Å². The third-order valence-corrected chi connectivity index (χ3v) is 3.49. The van der Waals surface area contributed by atoms with Crippen molar-refractivity contribution in [3.8, 4) is 0 Å². The Hall–Kier alpha value is -2.08. The molecule has 1 aromatic rings. The van der Waals surface area contributed by atoms with Gasteiger partial charge in [0.05, 0.1) is 6.10 Å². The second kappa shape index (κ2) is 8.53. The van der Waals surface area contributed by atoms with Gasteiger partial charge in [0.15, 0.2) is 0 Å². The number of amides is 3. The van der Waals surface area contributed by atoms with Crippen LogP contribution in [0.25, 0.3) is 0 Å². The second-order valence-electron chi connectivity index (χ2n) is 6.25. The van der Waals surface area contributed by atoms with Gasteiger partial charge in [-0.25, -0.2) is 4.79 Å². The van der Waals surface area contributed by atoms with E-state index in [-0.39, 0.29) is 24.0 Å². The van der Waals surface area contributed by atoms with E-state index in [1.165, 1.54) is 4.90 Å². The lowest BCUT2D eigenvalue weighted by Crippen LogP contribution is -2.33. The molecule has 0 saturated carbocycles. The third kappa shape index (κ3) is 6.28. The minimum Gasteiger partial charge on any atom is -0.393 e. The first kappa shape index (κ1) is 19.0. The van der Waals surface area contributed by atoms with E-state index in [9.17, 15) is 14.7 Å². The predicted octanol–water partition coefficient (Wildman–Crippen LogP) is 2.23. The van der Waals surface area contributed by atoms with E-state index in [0.29, 0.717) is 24.2 Å². The highest BCUT2D eigenvalue weighted by molar-refractivity contribution is 5.97. The third-order valence-electron chi connectivity index (χ3n) is 3.49. The molecule has 2 unspecified atom stereocenters. The van der Waals surface area contributed by atoms with Gasteiger partial charge in [-0.15, -0.1) is 0 Å². The number of aliphatic hydroxyl groups is 1. The molecular formula is C17H27N3O3. The van der Waals surface area contributed by atoms with Crippen LogP contribution in [0.3, 0.4) is 0 Å². The monoisotopic (exact) mass is 321 g/mol. The molecule has 0 radical (unpaired) electrons. The minimum atomic E-state index is -0.383. The van der Waals surface area contributed by atoms with E-state index in [0.717, 1.165) is 5.56 Å². The smallest absolute Gasteiger partial charge is 0.319 e. The molecule has 23 heavy (non-hydrogen) atoms. The SMILES string of the molecule is Cc1ccc(C(=O)N(C)C)cc1NC(=O)NCC(C)CC(C)O. The number of nitrogens with zero attached hydrogens (tertiary/aromatic N) is 1. The number of hydrogen-bond donors (Lipinski definition) is 3. The molecule has 0 bridgehead atoms. The Kier molecular flexibility index (Phi) is 7.03. The number of benzene rings is 1. The molecule has 0 aliphatic heterocycles. The van der Waals surface area contributed by atoms with Crippen LogP contribution in [0, 0.1) is 12.8 Å². The van der Waals surface area contributed by atoms with Crippen LogP contribution >= 0.6 is 0 Å². The van der Waals surface area contributed by atoms with Crippen molar-refractivity contribution in [1.82, 2.24) is 10.2 Å². The van der Waals surface area contributed by atoms with Gasteiger partial charge < -0.3 is 20.6 Å². The van der Waals surface area contributed by atoms with Crippen molar-refractivity contribution >= 4 is 17.6 Å². The number of aliphatic hydroxyl groups excluding tert-OH is 1. The molecule has 0 aliphatic carbocycles. The number of rotatable bonds is 6. The van der Waals surface area contributed by atoms with Crippen molar-refractivity contribution in [2.75, 3.05) is 26.0 Å². The molecule has 3 amide bonds. The molecule has 0 aromatic heterocycles. The van der Waals surface area contributed by atoms with Crippen molar-refractivity contribution in [3.63, 3.8) is 0 Å². The van der Waals surface area contributed by atoms with Gasteiger partial charge in [0.1, 0.15) is 0 Å². The van der Waals surface area contributed by atoms with Gasteiger partial charge >= 0.3 is 6.03 Å². The van der Waals surface area contributed by atoms with Crippen molar-refractivity contribution in [1.29, 1.82) is 0 Å². The van der Waals surface area contributed by atoms with Gasteiger partial charge in [0.25, 0.3) is 5.91 Å². The summed E-state index contributed by atoms with van der Waals surface area (Å²) in [6, 6.07) is 4.91. The Morgan fingerprint density at radius 2 is 1.91 bits per heavy atom. The van der Waals surface area contributed by atoms with Crippen LogP contribution in [-0.4, -0.2) is 48.7 Å². The Morgan fingerprint density at radius 3 is 2.48 bits per heavy atom. The topological polar surface area (TPSA) is 81.7 Å². The quantitative estimate of drug-likeness (QED) is 0.751. The Labute approximate surface area is 137 Å². The van der Waals surface area contributed by atoms with Gasteiger partial charge in [-0.3, -0.25) is 4.79 Å². The van der Waals surface area contributed by atoms with E-state index in [4.69, 9.17) is 0 Å². The molecular weight excluding hydrogens is 294 g/mol. The molecule has 2 atom stereocenters. The van der Waals surface area contributed by atoms with Gasteiger partial charge in [0, 0.05) is 31.9 Å². The summed E-state index contributed by atoms with van der Waals surface area (Å²) in [5.74, 6) is 0.0718. The van der Waals surface area contributed by atoms with E-state index >= 15 is 0 Å². The summed E-state index contributed by atoms with van der Waals surface area (Å²) in [6.07, 6.45) is 0.248. The Bertz CT molecular complexity index is 556. The number of anilines is 1. The molecule has 1 aromatic carbocycles.